The van der Waals surface area contributed by atoms with Crippen LogP contribution >= 0.6 is 12.2 Å². The van der Waals surface area contributed by atoms with E-state index in [9.17, 15) is 0 Å². The molecule has 0 radical (unpaired) electrons. The van der Waals surface area contributed by atoms with Crippen LogP contribution in [0.3, 0.4) is 0 Å². The van der Waals surface area contributed by atoms with E-state index in [4.69, 9.17) is 17.6 Å². The standard InChI is InChI=1S/C10H12N6S/c1-7-5-13-8(2)9(11)16(7)14-10(17)15-4-3-12-6-15/h3-6,11H,1-2H3,(H,14,17). The molecule has 6 nitrogen and oxygen atoms in total. The summed E-state index contributed by atoms with van der Waals surface area (Å²) in [6.45, 7) is 3.63. The molecule has 0 fully saturated rings. The molecule has 88 valence electrons. The van der Waals surface area contributed by atoms with Crippen molar-refractivity contribution in [2.75, 3.05) is 5.43 Å². The summed E-state index contributed by atoms with van der Waals surface area (Å²) in [5.41, 5.74) is 4.69. The van der Waals surface area contributed by atoms with Crippen molar-refractivity contribution in [1.82, 2.24) is 19.2 Å². The summed E-state index contributed by atoms with van der Waals surface area (Å²) in [4.78, 5) is 8.01. The molecule has 17 heavy (non-hydrogen) atoms. The molecular weight excluding hydrogens is 236 g/mol. The molecule has 2 aromatic rings. The van der Waals surface area contributed by atoms with E-state index in [-0.39, 0.29) is 5.49 Å². The third-order valence-electron chi connectivity index (χ3n) is 2.31. The van der Waals surface area contributed by atoms with Crippen LogP contribution < -0.4 is 10.9 Å². The fraction of sp³-hybridized carbons (Fsp3) is 0.200. The maximum Gasteiger partial charge on any atom is 0.197 e. The lowest BCUT2D eigenvalue weighted by Gasteiger charge is -2.14. The number of rotatable bonds is 1. The van der Waals surface area contributed by atoms with Crippen LogP contribution in [0.15, 0.2) is 24.9 Å². The zero-order chi connectivity index (χ0) is 12.4. The minimum absolute atomic E-state index is 0.285. The van der Waals surface area contributed by atoms with E-state index in [1.165, 1.54) is 0 Å². The fourth-order valence-corrected chi connectivity index (χ4v) is 1.52. The highest BCUT2D eigenvalue weighted by Gasteiger charge is 2.04. The summed E-state index contributed by atoms with van der Waals surface area (Å²) in [6.07, 6.45) is 6.67. The Morgan fingerprint density at radius 1 is 1.47 bits per heavy atom. The van der Waals surface area contributed by atoms with E-state index in [0.29, 0.717) is 10.8 Å². The molecule has 0 saturated heterocycles. The second kappa shape index (κ2) is 4.46. The number of thiocarbonyl (C=S) groups is 1. The first kappa shape index (κ1) is 11.5. The molecule has 0 bridgehead atoms. The van der Waals surface area contributed by atoms with Gasteiger partial charge in [-0.2, -0.15) is 0 Å². The fourth-order valence-electron chi connectivity index (χ4n) is 1.32. The molecule has 0 aromatic carbocycles. The van der Waals surface area contributed by atoms with Gasteiger partial charge in [0.25, 0.3) is 0 Å². The third-order valence-corrected chi connectivity index (χ3v) is 2.61. The number of hydrogen-bond acceptors (Lipinski definition) is 4. The smallest absolute Gasteiger partial charge is 0.197 e. The third kappa shape index (κ3) is 2.23. The van der Waals surface area contributed by atoms with Gasteiger partial charge in [0.05, 0.1) is 11.4 Å². The summed E-state index contributed by atoms with van der Waals surface area (Å²) < 4.78 is 3.25. The van der Waals surface area contributed by atoms with Crippen molar-refractivity contribution in [3.63, 3.8) is 0 Å². The van der Waals surface area contributed by atoms with Crippen molar-refractivity contribution in [3.05, 3.63) is 41.8 Å². The Labute approximate surface area is 103 Å². The van der Waals surface area contributed by atoms with Crippen LogP contribution in [0.4, 0.5) is 0 Å². The predicted molar refractivity (Wildman–Crippen MR) is 67.1 cm³/mol. The lowest BCUT2D eigenvalue weighted by molar-refractivity contribution is 0.780. The Balaban J connectivity index is 2.34. The largest absolute Gasteiger partial charge is 0.282 e. The van der Waals surface area contributed by atoms with Crippen LogP contribution in [0.5, 0.6) is 0 Å². The quantitative estimate of drug-likeness (QED) is 0.723. The Morgan fingerprint density at radius 2 is 2.24 bits per heavy atom. The van der Waals surface area contributed by atoms with Crippen molar-refractivity contribution in [2.45, 2.75) is 13.8 Å². The van der Waals surface area contributed by atoms with Crippen LogP contribution in [0.1, 0.15) is 11.4 Å². The molecule has 0 unspecified atom stereocenters. The van der Waals surface area contributed by atoms with Crippen molar-refractivity contribution in [1.29, 1.82) is 5.41 Å². The van der Waals surface area contributed by atoms with E-state index in [1.54, 1.807) is 41.1 Å². The molecular formula is C10H12N6S. The van der Waals surface area contributed by atoms with Gasteiger partial charge in [-0.3, -0.25) is 20.4 Å². The average molecular weight is 248 g/mol. The summed E-state index contributed by atoms with van der Waals surface area (Å²) in [6, 6.07) is 0. The van der Waals surface area contributed by atoms with Gasteiger partial charge in [0.2, 0.25) is 0 Å². The van der Waals surface area contributed by atoms with Gasteiger partial charge in [-0.1, -0.05) is 0 Å². The molecule has 0 spiro atoms. The first-order valence-electron chi connectivity index (χ1n) is 4.99. The Kier molecular flexibility index (Phi) is 3.01. The monoisotopic (exact) mass is 248 g/mol. The van der Waals surface area contributed by atoms with Crippen molar-refractivity contribution < 1.29 is 0 Å². The van der Waals surface area contributed by atoms with E-state index in [0.717, 1.165) is 5.69 Å². The van der Waals surface area contributed by atoms with E-state index in [2.05, 4.69) is 15.4 Å². The van der Waals surface area contributed by atoms with Crippen LogP contribution in [0, 0.1) is 19.3 Å². The highest BCUT2D eigenvalue weighted by atomic mass is 32.1. The van der Waals surface area contributed by atoms with Crippen LogP contribution in [-0.4, -0.2) is 24.3 Å². The minimum Gasteiger partial charge on any atom is -0.282 e. The highest BCUT2D eigenvalue weighted by Crippen LogP contribution is 1.93. The molecule has 0 atom stereocenters. The maximum atomic E-state index is 7.91. The first-order chi connectivity index (χ1) is 8.09. The highest BCUT2D eigenvalue weighted by molar-refractivity contribution is 7.80. The lowest BCUT2D eigenvalue weighted by atomic mass is 10.4. The van der Waals surface area contributed by atoms with E-state index < -0.39 is 0 Å². The molecule has 0 aliphatic heterocycles. The van der Waals surface area contributed by atoms with Gasteiger partial charge >= 0.3 is 0 Å². The topological polar surface area (TPSA) is 71.5 Å². The molecule has 0 aliphatic carbocycles. The van der Waals surface area contributed by atoms with Crippen molar-refractivity contribution in [2.24, 2.45) is 0 Å². The second-order valence-corrected chi connectivity index (χ2v) is 3.94. The Morgan fingerprint density at radius 3 is 2.88 bits per heavy atom. The summed E-state index contributed by atoms with van der Waals surface area (Å²) >= 11 is 5.21. The van der Waals surface area contributed by atoms with Crippen LogP contribution in [-0.2, 0) is 0 Å². The molecule has 0 saturated carbocycles. The zero-order valence-electron chi connectivity index (χ0n) is 9.51. The van der Waals surface area contributed by atoms with Crippen LogP contribution in [0.2, 0.25) is 0 Å². The molecule has 7 heteroatoms. The van der Waals surface area contributed by atoms with Gasteiger partial charge in [-0.25, -0.2) is 9.66 Å². The van der Waals surface area contributed by atoms with Gasteiger partial charge in [-0.15, -0.1) is 0 Å². The normalized spacial score (nSPS) is 10.2. The minimum atomic E-state index is 0.285. The number of nitrogens with zero attached hydrogens (tertiary/aromatic N) is 4. The molecule has 2 heterocycles. The zero-order valence-corrected chi connectivity index (χ0v) is 10.3. The lowest BCUT2D eigenvalue weighted by Crippen LogP contribution is -2.37. The Bertz CT molecular complexity index is 598. The molecule has 2 aromatic heterocycles. The van der Waals surface area contributed by atoms with Gasteiger partial charge in [-0.05, 0) is 26.1 Å². The first-order valence-corrected chi connectivity index (χ1v) is 5.39. The summed E-state index contributed by atoms with van der Waals surface area (Å²) in [7, 11) is 0. The molecule has 2 rings (SSSR count). The van der Waals surface area contributed by atoms with Crippen LogP contribution in [0.25, 0.3) is 0 Å². The second-order valence-electron chi connectivity index (χ2n) is 3.56. The maximum absolute atomic E-state index is 7.91. The number of imidazole rings is 1. The number of nitrogens with one attached hydrogen (secondary N) is 2. The van der Waals surface area contributed by atoms with Crippen molar-refractivity contribution >= 4 is 17.3 Å². The molecule has 0 amide bonds. The van der Waals surface area contributed by atoms with Gasteiger partial charge in [0.15, 0.2) is 10.6 Å². The van der Waals surface area contributed by atoms with E-state index >= 15 is 0 Å². The van der Waals surface area contributed by atoms with Crippen molar-refractivity contribution in [3.8, 4) is 0 Å². The number of hydrogen-bond donors (Lipinski definition) is 2. The SMILES string of the molecule is Cc1ncc(C)n(NC(=S)n2ccnc2)c1=N. The van der Waals surface area contributed by atoms with Gasteiger partial charge < -0.3 is 0 Å². The predicted octanol–water partition coefficient (Wildman–Crippen LogP) is 0.553. The number of aryl methyl sites for hydroxylation is 2. The molecule has 2 N–H and O–H groups in total. The average Bonchev–Trinajstić information content (AvgIpc) is 2.83. The Hall–Kier alpha value is -2.02. The van der Waals surface area contributed by atoms with Gasteiger partial charge in [0, 0.05) is 18.6 Å². The van der Waals surface area contributed by atoms with E-state index in [1.807, 2.05) is 6.92 Å². The number of aromatic nitrogens is 4. The van der Waals surface area contributed by atoms with Gasteiger partial charge in [0.1, 0.15) is 6.33 Å². The summed E-state index contributed by atoms with van der Waals surface area (Å²) in [5, 5.41) is 8.36. The molecule has 0 aliphatic rings. The summed E-state index contributed by atoms with van der Waals surface area (Å²) in [5.74, 6) is 0.